The van der Waals surface area contributed by atoms with Crippen LogP contribution in [0.4, 0.5) is 11.4 Å². The second-order valence-corrected chi connectivity index (χ2v) is 7.15. The molecule has 0 bridgehead atoms. The molecule has 5 heteroatoms. The fourth-order valence-corrected chi connectivity index (χ4v) is 3.45. The number of amides is 2. The molecule has 3 rings (SSSR count). The lowest BCUT2D eigenvalue weighted by atomic mass is 10.2. The predicted octanol–water partition coefficient (Wildman–Crippen LogP) is 3.01. The molecule has 0 radical (unpaired) electrons. The summed E-state index contributed by atoms with van der Waals surface area (Å²) in [5.74, 6) is -0.122. The molecule has 0 unspecified atom stereocenters. The third-order valence-corrected chi connectivity index (χ3v) is 4.99. The van der Waals surface area contributed by atoms with Crippen molar-refractivity contribution in [2.75, 3.05) is 42.5 Å². The maximum atomic E-state index is 12.8. The first-order chi connectivity index (χ1) is 12.9. The van der Waals surface area contributed by atoms with Gasteiger partial charge in [0, 0.05) is 44.5 Å². The molecule has 0 spiro atoms. The molecule has 1 fully saturated rings. The van der Waals surface area contributed by atoms with Crippen LogP contribution < -0.4 is 9.80 Å². The highest BCUT2D eigenvalue weighted by atomic mass is 16.2. The first kappa shape index (κ1) is 19.0. The van der Waals surface area contributed by atoms with Crippen LogP contribution >= 0.6 is 0 Å². The molecule has 1 saturated heterocycles. The number of anilines is 2. The first-order valence-corrected chi connectivity index (χ1v) is 9.38. The van der Waals surface area contributed by atoms with Gasteiger partial charge in [0.1, 0.15) is 6.54 Å². The molecule has 0 saturated carbocycles. The summed E-state index contributed by atoms with van der Waals surface area (Å²) in [6.45, 7) is 8.62. The van der Waals surface area contributed by atoms with Crippen molar-refractivity contribution in [3.05, 3.63) is 59.7 Å². The van der Waals surface area contributed by atoms with Crippen molar-refractivity contribution in [1.82, 2.24) is 4.90 Å². The summed E-state index contributed by atoms with van der Waals surface area (Å²) in [6, 6.07) is 16.1. The lowest BCUT2D eigenvalue weighted by molar-refractivity contribution is -0.131. The summed E-state index contributed by atoms with van der Waals surface area (Å²) in [6.07, 6.45) is 0. The van der Waals surface area contributed by atoms with E-state index in [0.717, 1.165) is 24.3 Å². The van der Waals surface area contributed by atoms with E-state index in [1.165, 1.54) is 18.2 Å². The van der Waals surface area contributed by atoms with Crippen LogP contribution in [0.1, 0.15) is 18.1 Å². The van der Waals surface area contributed by atoms with Gasteiger partial charge in [0.25, 0.3) is 0 Å². The van der Waals surface area contributed by atoms with Gasteiger partial charge >= 0.3 is 0 Å². The minimum atomic E-state index is -0.118. The zero-order valence-electron chi connectivity index (χ0n) is 16.3. The van der Waals surface area contributed by atoms with Crippen molar-refractivity contribution in [3.63, 3.8) is 0 Å². The quantitative estimate of drug-likeness (QED) is 0.837. The first-order valence-electron chi connectivity index (χ1n) is 9.38. The summed E-state index contributed by atoms with van der Waals surface area (Å²) in [5, 5.41) is 0. The van der Waals surface area contributed by atoms with Crippen molar-refractivity contribution in [3.8, 4) is 0 Å². The fourth-order valence-electron chi connectivity index (χ4n) is 3.45. The number of benzene rings is 2. The average Bonchev–Trinajstić information content (AvgIpc) is 2.66. The number of aryl methyl sites for hydroxylation is 2. The zero-order valence-corrected chi connectivity index (χ0v) is 16.3. The number of hydrogen-bond donors (Lipinski definition) is 0. The highest BCUT2D eigenvalue weighted by molar-refractivity contribution is 5.97. The van der Waals surface area contributed by atoms with Crippen LogP contribution in [0.3, 0.4) is 0 Å². The van der Waals surface area contributed by atoms with Crippen LogP contribution in [0, 0.1) is 13.8 Å². The Balaban J connectivity index is 1.62. The molecular formula is C22H27N3O2. The monoisotopic (exact) mass is 365 g/mol. The van der Waals surface area contributed by atoms with E-state index < -0.39 is 0 Å². The van der Waals surface area contributed by atoms with Crippen LogP contribution in [0.15, 0.2) is 48.5 Å². The molecule has 2 amide bonds. The summed E-state index contributed by atoms with van der Waals surface area (Å²) >= 11 is 0. The number of hydrogen-bond acceptors (Lipinski definition) is 3. The van der Waals surface area contributed by atoms with Gasteiger partial charge in [-0.05, 0) is 49.2 Å². The Bertz CT molecular complexity index is 826. The number of nitrogens with zero attached hydrogens (tertiary/aromatic N) is 3. The number of carbonyl (C=O) groups excluding carboxylic acids is 2. The second-order valence-electron chi connectivity index (χ2n) is 7.15. The van der Waals surface area contributed by atoms with E-state index in [0.29, 0.717) is 13.1 Å². The Hall–Kier alpha value is -2.82. The average molecular weight is 365 g/mol. The largest absolute Gasteiger partial charge is 0.368 e. The molecule has 0 aliphatic carbocycles. The Morgan fingerprint density at radius 3 is 2.15 bits per heavy atom. The molecule has 5 nitrogen and oxygen atoms in total. The Kier molecular flexibility index (Phi) is 5.79. The van der Waals surface area contributed by atoms with E-state index in [1.807, 2.05) is 36.1 Å². The third kappa shape index (κ3) is 4.67. The molecule has 142 valence electrons. The highest BCUT2D eigenvalue weighted by Crippen LogP contribution is 2.19. The zero-order chi connectivity index (χ0) is 19.4. The predicted molar refractivity (Wildman–Crippen MR) is 109 cm³/mol. The number of piperazine rings is 1. The van der Waals surface area contributed by atoms with Gasteiger partial charge in [0.2, 0.25) is 11.8 Å². The topological polar surface area (TPSA) is 43.9 Å². The highest BCUT2D eigenvalue weighted by Gasteiger charge is 2.24. The van der Waals surface area contributed by atoms with Gasteiger partial charge in [0.05, 0.1) is 0 Å². The molecule has 1 aliphatic rings. The van der Waals surface area contributed by atoms with Crippen LogP contribution in [-0.4, -0.2) is 49.4 Å². The normalized spacial score (nSPS) is 14.2. The van der Waals surface area contributed by atoms with Crippen LogP contribution in [0.2, 0.25) is 0 Å². The third-order valence-electron chi connectivity index (χ3n) is 4.99. The van der Waals surface area contributed by atoms with Gasteiger partial charge in [-0.1, -0.05) is 24.3 Å². The summed E-state index contributed by atoms with van der Waals surface area (Å²) in [7, 11) is 0. The molecule has 1 heterocycles. The number of carbonyl (C=O) groups is 2. The SMILES string of the molecule is CC(=O)N(CC(=O)N1CCN(c2cccc(C)c2)CC1)c1cccc(C)c1. The Morgan fingerprint density at radius 2 is 1.56 bits per heavy atom. The molecule has 27 heavy (non-hydrogen) atoms. The molecule has 0 N–H and O–H groups in total. The van der Waals surface area contributed by atoms with Gasteiger partial charge < -0.3 is 14.7 Å². The maximum absolute atomic E-state index is 12.8. The molecule has 0 aromatic heterocycles. The van der Waals surface area contributed by atoms with E-state index in [4.69, 9.17) is 0 Å². The summed E-state index contributed by atoms with van der Waals surface area (Å²) in [5.41, 5.74) is 4.28. The smallest absolute Gasteiger partial charge is 0.242 e. The van der Waals surface area contributed by atoms with Gasteiger partial charge in [-0.3, -0.25) is 9.59 Å². The lowest BCUT2D eigenvalue weighted by Gasteiger charge is -2.37. The second kappa shape index (κ2) is 8.25. The minimum Gasteiger partial charge on any atom is -0.368 e. The summed E-state index contributed by atoms with van der Waals surface area (Å²) < 4.78 is 0. The fraction of sp³-hybridized carbons (Fsp3) is 0.364. The number of rotatable bonds is 4. The molecular weight excluding hydrogens is 338 g/mol. The van der Waals surface area contributed by atoms with E-state index in [1.54, 1.807) is 4.90 Å². The molecule has 0 atom stereocenters. The van der Waals surface area contributed by atoms with Gasteiger partial charge in [-0.15, -0.1) is 0 Å². The van der Waals surface area contributed by atoms with Gasteiger partial charge in [-0.2, -0.15) is 0 Å². The van der Waals surface area contributed by atoms with Crippen LogP contribution in [0.5, 0.6) is 0 Å². The maximum Gasteiger partial charge on any atom is 0.242 e. The van der Waals surface area contributed by atoms with Crippen molar-refractivity contribution < 1.29 is 9.59 Å². The summed E-state index contributed by atoms with van der Waals surface area (Å²) in [4.78, 5) is 30.6. The minimum absolute atomic E-state index is 0.00408. The van der Waals surface area contributed by atoms with E-state index in [-0.39, 0.29) is 18.4 Å². The molecule has 2 aromatic carbocycles. The molecule has 2 aromatic rings. The van der Waals surface area contributed by atoms with Crippen molar-refractivity contribution in [2.45, 2.75) is 20.8 Å². The van der Waals surface area contributed by atoms with Gasteiger partial charge in [0.15, 0.2) is 0 Å². The Labute approximate surface area is 161 Å². The van der Waals surface area contributed by atoms with Crippen LogP contribution in [-0.2, 0) is 9.59 Å². The van der Waals surface area contributed by atoms with Crippen molar-refractivity contribution in [1.29, 1.82) is 0 Å². The van der Waals surface area contributed by atoms with Crippen molar-refractivity contribution >= 4 is 23.2 Å². The van der Waals surface area contributed by atoms with Crippen LogP contribution in [0.25, 0.3) is 0 Å². The molecule has 1 aliphatic heterocycles. The Morgan fingerprint density at radius 1 is 0.926 bits per heavy atom. The lowest BCUT2D eigenvalue weighted by Crippen LogP contribution is -2.51. The van der Waals surface area contributed by atoms with E-state index in [9.17, 15) is 9.59 Å². The standard InChI is InChI=1S/C22H27N3O2/c1-17-6-4-8-20(14-17)23-10-12-24(13-11-23)22(27)16-25(19(3)26)21-9-5-7-18(2)15-21/h4-9,14-15H,10-13,16H2,1-3H3. The van der Waals surface area contributed by atoms with E-state index >= 15 is 0 Å². The van der Waals surface area contributed by atoms with Gasteiger partial charge in [-0.25, -0.2) is 0 Å². The van der Waals surface area contributed by atoms with E-state index in [2.05, 4.69) is 36.1 Å². The van der Waals surface area contributed by atoms with Crippen molar-refractivity contribution in [2.24, 2.45) is 0 Å².